The number of hydrogen-bond donors (Lipinski definition) is 1. The number of aliphatic carboxylic acids is 1. The Bertz CT molecular complexity index is 1340. The van der Waals surface area contributed by atoms with Crippen molar-refractivity contribution in [3.05, 3.63) is 48.6 Å². The monoisotopic (exact) mass is 1030 g/mol. The Morgan fingerprint density at radius 3 is 1.16 bits per heavy atom. The van der Waals surface area contributed by atoms with Crippen LogP contribution in [0.2, 0.25) is 0 Å². The maximum Gasteiger partial charge on any atom is 0.361 e. The van der Waals surface area contributed by atoms with Gasteiger partial charge in [-0.1, -0.05) is 268 Å². The lowest BCUT2D eigenvalue weighted by atomic mass is 10.0. The third-order valence-electron chi connectivity index (χ3n) is 13.6. The molecule has 9 nitrogen and oxygen atoms in total. The summed E-state index contributed by atoms with van der Waals surface area (Å²) in [6, 6.07) is 0. The molecule has 9 heteroatoms. The van der Waals surface area contributed by atoms with Gasteiger partial charge >= 0.3 is 17.9 Å². The van der Waals surface area contributed by atoms with E-state index in [1.807, 2.05) is 21.1 Å². The van der Waals surface area contributed by atoms with E-state index in [-0.39, 0.29) is 32.2 Å². The molecule has 0 heterocycles. The van der Waals surface area contributed by atoms with Gasteiger partial charge in [-0.15, -0.1) is 0 Å². The molecule has 0 spiro atoms. The van der Waals surface area contributed by atoms with Crippen LogP contribution in [0.1, 0.15) is 284 Å². The van der Waals surface area contributed by atoms with E-state index < -0.39 is 24.3 Å². The fraction of sp³-hybridized carbons (Fsp3) is 0.828. The number of rotatable bonds is 57. The van der Waals surface area contributed by atoms with Crippen molar-refractivity contribution in [2.45, 2.75) is 296 Å². The number of allylic oxidation sites excluding steroid dienone is 8. The Labute approximate surface area is 451 Å². The van der Waals surface area contributed by atoms with Gasteiger partial charge in [0.15, 0.2) is 6.10 Å². The van der Waals surface area contributed by atoms with Gasteiger partial charge in [0.05, 0.1) is 34.4 Å². The van der Waals surface area contributed by atoms with E-state index in [2.05, 4.69) is 62.5 Å². The quantitative estimate of drug-likeness (QED) is 0.0211. The largest absolute Gasteiger partial charge is 0.477 e. The van der Waals surface area contributed by atoms with Gasteiger partial charge in [0.25, 0.3) is 6.29 Å². The molecule has 426 valence electrons. The smallest absolute Gasteiger partial charge is 0.361 e. The second-order valence-electron chi connectivity index (χ2n) is 22.0. The van der Waals surface area contributed by atoms with Crippen LogP contribution < -0.4 is 0 Å². The number of hydrogen-bond acceptors (Lipinski definition) is 7. The first kappa shape index (κ1) is 70.2. The molecule has 0 saturated carbocycles. The number of unbranched alkanes of at least 4 members (excludes halogenated alkanes) is 34. The molecule has 0 radical (unpaired) electrons. The van der Waals surface area contributed by atoms with Crippen LogP contribution in [0.25, 0.3) is 0 Å². The highest BCUT2D eigenvalue weighted by Gasteiger charge is 2.25. The van der Waals surface area contributed by atoms with Crippen LogP contribution in [-0.2, 0) is 33.3 Å². The normalized spacial score (nSPS) is 13.1. The zero-order chi connectivity index (χ0) is 53.4. The van der Waals surface area contributed by atoms with Gasteiger partial charge in [-0.25, -0.2) is 4.79 Å². The summed E-state index contributed by atoms with van der Waals surface area (Å²) in [4.78, 5) is 37.5. The van der Waals surface area contributed by atoms with Gasteiger partial charge in [0.2, 0.25) is 0 Å². The third-order valence-corrected chi connectivity index (χ3v) is 13.6. The SMILES string of the molecule is CC/C=C\C/C=C\C/C=C\C/C=C\CCCCCCCCCCCCCCCCC(=O)OC(COC(=O)CCCCCCCCCCCCCCCCCCCCCCC)COC(OCC[N+](C)(C)C)C(=O)O. The van der Waals surface area contributed by atoms with Gasteiger partial charge in [-0.05, 0) is 51.4 Å². The maximum atomic E-state index is 12.9. The van der Waals surface area contributed by atoms with Crippen molar-refractivity contribution >= 4 is 17.9 Å². The summed E-state index contributed by atoms with van der Waals surface area (Å²) >= 11 is 0. The van der Waals surface area contributed by atoms with E-state index in [0.29, 0.717) is 17.4 Å². The number of carboxylic acids is 1. The van der Waals surface area contributed by atoms with E-state index >= 15 is 0 Å². The highest BCUT2D eigenvalue weighted by Crippen LogP contribution is 2.17. The van der Waals surface area contributed by atoms with Gasteiger partial charge in [0, 0.05) is 12.8 Å². The van der Waals surface area contributed by atoms with Crippen LogP contribution in [0, 0.1) is 0 Å². The Morgan fingerprint density at radius 2 is 0.781 bits per heavy atom. The summed E-state index contributed by atoms with van der Waals surface area (Å²) in [5, 5.41) is 9.72. The molecule has 0 fully saturated rings. The topological polar surface area (TPSA) is 108 Å². The molecule has 0 aliphatic rings. The third kappa shape index (κ3) is 56.8. The lowest BCUT2D eigenvalue weighted by molar-refractivity contribution is -0.870. The molecule has 73 heavy (non-hydrogen) atoms. The number of esters is 2. The minimum atomic E-state index is -1.51. The molecule has 2 unspecified atom stereocenters. The summed E-state index contributed by atoms with van der Waals surface area (Å²) in [6.07, 6.45) is 66.2. The number of carbonyl (C=O) groups is 3. The second kappa shape index (κ2) is 55.5. The van der Waals surface area contributed by atoms with Crippen molar-refractivity contribution in [1.29, 1.82) is 0 Å². The molecule has 1 N–H and O–H groups in total. The van der Waals surface area contributed by atoms with Gasteiger partial charge < -0.3 is 28.5 Å². The lowest BCUT2D eigenvalue weighted by Gasteiger charge is -2.25. The average molecular weight is 1030 g/mol. The van der Waals surface area contributed by atoms with Crippen LogP contribution >= 0.6 is 0 Å². The minimum absolute atomic E-state index is 0.178. The van der Waals surface area contributed by atoms with Crippen LogP contribution in [0.3, 0.4) is 0 Å². The summed E-state index contributed by atoms with van der Waals surface area (Å²) < 4.78 is 22.9. The van der Waals surface area contributed by atoms with Crippen molar-refractivity contribution in [1.82, 2.24) is 0 Å². The molecule has 0 aliphatic heterocycles. The average Bonchev–Trinajstić information content (AvgIpc) is 3.36. The van der Waals surface area contributed by atoms with Crippen molar-refractivity contribution in [2.24, 2.45) is 0 Å². The van der Waals surface area contributed by atoms with Gasteiger partial charge in [-0.3, -0.25) is 9.59 Å². The van der Waals surface area contributed by atoms with Crippen LogP contribution in [0.5, 0.6) is 0 Å². The summed E-state index contributed by atoms with van der Waals surface area (Å²) in [6.45, 7) is 4.81. The summed E-state index contributed by atoms with van der Waals surface area (Å²) in [5.74, 6) is -1.99. The molecule has 0 bridgehead atoms. The molecule has 0 saturated heterocycles. The fourth-order valence-electron chi connectivity index (χ4n) is 8.89. The molecular weight excluding hydrogens is 911 g/mol. The number of ether oxygens (including phenoxy) is 4. The molecular formula is C64H118NO8+. The Morgan fingerprint density at radius 1 is 0.425 bits per heavy atom. The predicted octanol–water partition coefficient (Wildman–Crippen LogP) is 18.2. The highest BCUT2D eigenvalue weighted by molar-refractivity contribution is 5.71. The maximum absolute atomic E-state index is 12.9. The fourth-order valence-corrected chi connectivity index (χ4v) is 8.89. The van der Waals surface area contributed by atoms with E-state index in [1.54, 1.807) is 0 Å². The van der Waals surface area contributed by atoms with Crippen LogP contribution in [0.4, 0.5) is 0 Å². The molecule has 0 aliphatic carbocycles. The number of carboxylic acid groups (broad SMARTS) is 1. The lowest BCUT2D eigenvalue weighted by Crippen LogP contribution is -2.40. The Hall–Kier alpha value is -2.75. The van der Waals surface area contributed by atoms with E-state index in [9.17, 15) is 19.5 Å². The molecule has 0 aromatic heterocycles. The van der Waals surface area contributed by atoms with E-state index in [4.69, 9.17) is 18.9 Å². The van der Waals surface area contributed by atoms with Crippen molar-refractivity contribution in [3.63, 3.8) is 0 Å². The Kier molecular flexibility index (Phi) is 53.4. The van der Waals surface area contributed by atoms with Crippen molar-refractivity contribution < 1.29 is 42.9 Å². The van der Waals surface area contributed by atoms with Crippen LogP contribution in [0.15, 0.2) is 48.6 Å². The standard InChI is InChI=1S/C64H117NO8/c1-6-8-10-12-14-16-18-20-22-24-26-28-29-30-31-32-33-35-37-39-41-43-45-47-49-51-53-55-62(67)73-60(59-72-64(63(68)69)70-57-56-65(3,4)5)58-71-61(66)54-52-50-48-46-44-42-40-38-36-34-27-25-23-21-19-17-15-13-11-9-7-2/h8,10,14,16,20,22,26,28,60,64H,6-7,9,11-13,15,17-19,21,23-25,27,29-59H2,1-5H3/p+1/b10-8-,16-14-,22-20-,28-26-. The van der Waals surface area contributed by atoms with E-state index in [0.717, 1.165) is 64.2 Å². The molecule has 0 aromatic carbocycles. The summed E-state index contributed by atoms with van der Waals surface area (Å²) in [7, 11) is 5.98. The molecule has 0 aromatic rings. The minimum Gasteiger partial charge on any atom is -0.477 e. The second-order valence-corrected chi connectivity index (χ2v) is 22.0. The number of nitrogens with zero attached hydrogens (tertiary/aromatic N) is 1. The first-order valence-electron chi connectivity index (χ1n) is 30.8. The number of likely N-dealkylation sites (N-methyl/N-ethyl adjacent to an activating group) is 1. The Balaban J connectivity index is 4.17. The first-order valence-corrected chi connectivity index (χ1v) is 30.8. The molecule has 0 amide bonds. The highest BCUT2D eigenvalue weighted by atomic mass is 16.7. The zero-order valence-corrected chi connectivity index (χ0v) is 48.6. The van der Waals surface area contributed by atoms with Gasteiger partial charge in [-0.2, -0.15) is 0 Å². The molecule has 0 rings (SSSR count). The summed E-state index contributed by atoms with van der Waals surface area (Å²) in [5.41, 5.74) is 0. The molecule has 2 atom stereocenters. The van der Waals surface area contributed by atoms with E-state index in [1.165, 1.54) is 193 Å². The van der Waals surface area contributed by atoms with Crippen molar-refractivity contribution in [3.8, 4) is 0 Å². The van der Waals surface area contributed by atoms with Crippen LogP contribution in [-0.4, -0.2) is 87.4 Å². The number of carbonyl (C=O) groups excluding carboxylic acids is 2. The first-order chi connectivity index (χ1) is 35.6. The predicted molar refractivity (Wildman–Crippen MR) is 309 cm³/mol. The number of quaternary nitrogens is 1. The van der Waals surface area contributed by atoms with Gasteiger partial charge in [0.1, 0.15) is 13.2 Å². The van der Waals surface area contributed by atoms with Crippen molar-refractivity contribution in [2.75, 3.05) is 47.5 Å². The zero-order valence-electron chi connectivity index (χ0n) is 48.6.